The average Bonchev–Trinajstić information content (AvgIpc) is 3.16. The molecule has 1 aliphatic carbocycles. The number of anilines is 1. The molecule has 1 fully saturated rings. The summed E-state index contributed by atoms with van der Waals surface area (Å²) in [6.45, 7) is 0.247. The predicted molar refractivity (Wildman–Crippen MR) is 142 cm³/mol. The van der Waals surface area contributed by atoms with Gasteiger partial charge in [-0.15, -0.1) is 0 Å². The first-order chi connectivity index (χ1) is 19.1. The van der Waals surface area contributed by atoms with Crippen molar-refractivity contribution < 1.29 is 32.6 Å². The van der Waals surface area contributed by atoms with Crippen molar-refractivity contribution >= 4 is 29.1 Å². The van der Waals surface area contributed by atoms with Gasteiger partial charge in [-0.3, -0.25) is 14.6 Å². The highest BCUT2D eigenvalue weighted by molar-refractivity contribution is 6.30. The number of aromatic nitrogens is 1. The van der Waals surface area contributed by atoms with Crippen LogP contribution in [0.25, 0.3) is 0 Å². The third-order valence-corrected chi connectivity index (χ3v) is 7.86. The molecule has 2 aliphatic rings. The summed E-state index contributed by atoms with van der Waals surface area (Å²) >= 11 is 5.88. The standard InChI is InChI=1S/C29H27ClF3N3O4/c1-40-23-8-4-6-21-25(23)36(28(38)29(21,39)20-5-2-3-7-22(20)31)15-16-9-11-18(12-10-16)35-27(37)19-13-17(30)14-34-24(19)26(32)33/h2-8,13-14,16,18,26,39H,9-12,15H2,1H3,(H,35,37)/t16-,18-,29?. The van der Waals surface area contributed by atoms with Crippen molar-refractivity contribution in [2.24, 2.45) is 5.92 Å². The fourth-order valence-electron chi connectivity index (χ4n) is 5.67. The molecule has 1 aliphatic heterocycles. The molecule has 0 saturated heterocycles. The van der Waals surface area contributed by atoms with E-state index in [-0.39, 0.29) is 40.2 Å². The van der Waals surface area contributed by atoms with Gasteiger partial charge in [-0.25, -0.2) is 13.2 Å². The van der Waals surface area contributed by atoms with E-state index in [0.29, 0.717) is 37.1 Å². The minimum Gasteiger partial charge on any atom is -0.495 e. The Kier molecular flexibility index (Phi) is 7.74. The maximum Gasteiger partial charge on any atom is 0.281 e. The van der Waals surface area contributed by atoms with Gasteiger partial charge in [0.2, 0.25) is 0 Å². The number of halogens is 4. The molecule has 2 amide bonds. The molecule has 1 atom stereocenters. The SMILES string of the molecule is COc1cccc2c1N(C[C@H]1CC[C@H](NC(=O)c3cc(Cl)cnc3C(F)F)CC1)C(=O)C2(O)c1ccccc1F. The number of aliphatic hydroxyl groups is 1. The summed E-state index contributed by atoms with van der Waals surface area (Å²) in [6, 6.07) is 11.5. The Labute approximate surface area is 233 Å². The minimum atomic E-state index is -2.92. The fraction of sp³-hybridized carbons (Fsp3) is 0.345. The van der Waals surface area contributed by atoms with Crippen molar-refractivity contribution in [1.29, 1.82) is 0 Å². The predicted octanol–water partition coefficient (Wildman–Crippen LogP) is 5.39. The van der Waals surface area contributed by atoms with Crippen molar-refractivity contribution in [3.8, 4) is 5.75 Å². The van der Waals surface area contributed by atoms with Gasteiger partial charge in [0.1, 0.15) is 17.3 Å². The normalized spacial score (nSPS) is 22.4. The Bertz CT molecular complexity index is 1450. The molecule has 11 heteroatoms. The number of hydrogen-bond acceptors (Lipinski definition) is 5. The number of pyridine rings is 1. The Morgan fingerprint density at radius 3 is 2.55 bits per heavy atom. The Morgan fingerprint density at radius 2 is 1.88 bits per heavy atom. The van der Waals surface area contributed by atoms with E-state index in [1.165, 1.54) is 36.3 Å². The van der Waals surface area contributed by atoms with Crippen LogP contribution in [-0.2, 0) is 10.4 Å². The number of ether oxygens (including phenoxy) is 1. The largest absolute Gasteiger partial charge is 0.495 e. The van der Waals surface area contributed by atoms with Crippen LogP contribution in [0.1, 0.15) is 59.3 Å². The molecule has 210 valence electrons. The number of nitrogens with zero attached hydrogens (tertiary/aromatic N) is 2. The smallest absolute Gasteiger partial charge is 0.281 e. The van der Waals surface area contributed by atoms with Crippen molar-refractivity contribution in [3.05, 3.63) is 88.0 Å². The van der Waals surface area contributed by atoms with Gasteiger partial charge in [-0.2, -0.15) is 0 Å². The second-order valence-electron chi connectivity index (χ2n) is 10.0. The molecule has 5 rings (SSSR count). The number of benzene rings is 2. The molecule has 0 radical (unpaired) electrons. The Morgan fingerprint density at radius 1 is 1.18 bits per heavy atom. The summed E-state index contributed by atoms with van der Waals surface area (Å²) in [6.07, 6.45) is 0.485. The number of rotatable bonds is 7. The van der Waals surface area contributed by atoms with Crippen LogP contribution >= 0.6 is 11.6 Å². The van der Waals surface area contributed by atoms with E-state index in [0.717, 1.165) is 6.20 Å². The Balaban J connectivity index is 1.32. The van der Waals surface area contributed by atoms with Crippen LogP contribution in [-0.4, -0.2) is 41.6 Å². The molecule has 2 heterocycles. The summed E-state index contributed by atoms with van der Waals surface area (Å²) in [5.41, 5.74) is -2.60. The Hall–Kier alpha value is -3.63. The highest BCUT2D eigenvalue weighted by Crippen LogP contribution is 2.50. The van der Waals surface area contributed by atoms with Crippen LogP contribution in [0.15, 0.2) is 54.7 Å². The summed E-state index contributed by atoms with van der Waals surface area (Å²) in [7, 11) is 1.46. The van der Waals surface area contributed by atoms with E-state index < -0.39 is 35.4 Å². The molecule has 1 unspecified atom stereocenters. The van der Waals surface area contributed by atoms with Crippen LogP contribution in [0.3, 0.4) is 0 Å². The van der Waals surface area contributed by atoms with Gasteiger partial charge < -0.3 is 20.1 Å². The van der Waals surface area contributed by atoms with Crippen molar-refractivity contribution in [2.45, 2.75) is 43.8 Å². The zero-order chi connectivity index (χ0) is 28.6. The summed E-state index contributed by atoms with van der Waals surface area (Å²) in [5, 5.41) is 14.6. The molecule has 7 nitrogen and oxygen atoms in total. The quantitative estimate of drug-likeness (QED) is 0.395. The highest BCUT2D eigenvalue weighted by Gasteiger charge is 2.53. The number of para-hydroxylation sites is 1. The third kappa shape index (κ3) is 4.90. The van der Waals surface area contributed by atoms with E-state index in [1.807, 2.05) is 0 Å². The highest BCUT2D eigenvalue weighted by atomic mass is 35.5. The maximum atomic E-state index is 14.8. The van der Waals surface area contributed by atoms with Crippen LogP contribution in [0.4, 0.5) is 18.9 Å². The number of amides is 2. The number of carbonyl (C=O) groups excluding carboxylic acids is 2. The third-order valence-electron chi connectivity index (χ3n) is 7.66. The van der Waals surface area contributed by atoms with E-state index in [2.05, 4.69) is 10.3 Å². The molecular formula is C29H27ClF3N3O4. The fourth-order valence-corrected chi connectivity index (χ4v) is 5.83. The van der Waals surface area contributed by atoms with Crippen LogP contribution < -0.4 is 15.0 Å². The minimum absolute atomic E-state index is 0.00213. The summed E-state index contributed by atoms with van der Waals surface area (Å²) in [4.78, 5) is 31.6. The van der Waals surface area contributed by atoms with Crippen LogP contribution in [0.2, 0.25) is 5.02 Å². The number of methoxy groups -OCH3 is 1. The second-order valence-corrected chi connectivity index (χ2v) is 10.5. The first-order valence-electron chi connectivity index (χ1n) is 12.9. The van der Waals surface area contributed by atoms with Gasteiger partial charge in [0, 0.05) is 29.9 Å². The van der Waals surface area contributed by atoms with Gasteiger partial charge in [-0.1, -0.05) is 41.9 Å². The topological polar surface area (TPSA) is 91.8 Å². The number of nitrogens with one attached hydrogen (secondary N) is 1. The molecule has 1 aromatic heterocycles. The lowest BCUT2D eigenvalue weighted by atomic mass is 9.85. The van der Waals surface area contributed by atoms with E-state index in [4.69, 9.17) is 16.3 Å². The van der Waals surface area contributed by atoms with Crippen molar-refractivity contribution in [2.75, 3.05) is 18.6 Å². The average molecular weight is 574 g/mol. The van der Waals surface area contributed by atoms with Gasteiger partial charge in [-0.05, 0) is 49.8 Å². The number of alkyl halides is 2. The van der Waals surface area contributed by atoms with Crippen LogP contribution in [0.5, 0.6) is 5.75 Å². The van der Waals surface area contributed by atoms with Gasteiger partial charge in [0.05, 0.1) is 23.4 Å². The number of fused-ring (bicyclic) bond motifs is 1. The first-order valence-corrected chi connectivity index (χ1v) is 13.2. The molecule has 1 saturated carbocycles. The molecule has 3 aromatic rings. The lowest BCUT2D eigenvalue weighted by Crippen LogP contribution is -2.45. The van der Waals surface area contributed by atoms with E-state index in [9.17, 15) is 27.9 Å². The number of carbonyl (C=O) groups is 2. The summed E-state index contributed by atoms with van der Waals surface area (Å²) < 4.78 is 47.1. The van der Waals surface area contributed by atoms with E-state index in [1.54, 1.807) is 24.3 Å². The molecular weight excluding hydrogens is 547 g/mol. The second kappa shape index (κ2) is 11.1. The van der Waals surface area contributed by atoms with Gasteiger partial charge in [0.15, 0.2) is 5.60 Å². The number of hydrogen-bond donors (Lipinski definition) is 2. The van der Waals surface area contributed by atoms with Crippen LogP contribution in [0, 0.1) is 11.7 Å². The summed E-state index contributed by atoms with van der Waals surface area (Å²) in [5.74, 6) is -1.65. The zero-order valence-electron chi connectivity index (χ0n) is 21.5. The van der Waals surface area contributed by atoms with Crippen molar-refractivity contribution in [3.63, 3.8) is 0 Å². The van der Waals surface area contributed by atoms with Gasteiger partial charge >= 0.3 is 0 Å². The molecule has 2 aromatic carbocycles. The first kappa shape index (κ1) is 27.9. The van der Waals surface area contributed by atoms with Crippen molar-refractivity contribution in [1.82, 2.24) is 10.3 Å². The lowest BCUT2D eigenvalue weighted by molar-refractivity contribution is -0.132. The lowest BCUT2D eigenvalue weighted by Gasteiger charge is -2.32. The zero-order valence-corrected chi connectivity index (χ0v) is 22.3. The monoisotopic (exact) mass is 573 g/mol. The van der Waals surface area contributed by atoms with Gasteiger partial charge in [0.25, 0.3) is 18.2 Å². The molecule has 0 spiro atoms. The molecule has 0 bridgehead atoms. The maximum absolute atomic E-state index is 14.8. The van der Waals surface area contributed by atoms with E-state index >= 15 is 0 Å². The molecule has 40 heavy (non-hydrogen) atoms. The molecule has 2 N–H and O–H groups in total.